The molecule has 60 valence electrons. The number of aldehydes is 1. The second-order valence-electron chi connectivity index (χ2n) is 2.17. The summed E-state index contributed by atoms with van der Waals surface area (Å²) in [6.45, 7) is 0. The fourth-order valence-corrected chi connectivity index (χ4v) is 1.55. The molecule has 1 aliphatic rings. The maximum absolute atomic E-state index is 10.9. The quantitative estimate of drug-likeness (QED) is 0.234. The third kappa shape index (κ3) is 1.58. The Morgan fingerprint density at radius 3 is 2.18 bits per heavy atom. The van der Waals surface area contributed by atoms with Crippen LogP contribution in [0.1, 0.15) is 12.8 Å². The molecule has 0 spiro atoms. The van der Waals surface area contributed by atoms with E-state index in [2.05, 4.69) is 0 Å². The van der Waals surface area contributed by atoms with Gasteiger partial charge in [0.25, 0.3) is 0 Å². The molecule has 1 heterocycles. The highest BCUT2D eigenvalue weighted by Crippen LogP contribution is 2.17. The van der Waals surface area contributed by atoms with E-state index in [4.69, 9.17) is 0 Å². The van der Waals surface area contributed by atoms with Crippen LogP contribution in [-0.4, -0.2) is 27.0 Å². The minimum atomic E-state index is -0.630. The van der Waals surface area contributed by atoms with E-state index in [0.29, 0.717) is 6.29 Å². The van der Waals surface area contributed by atoms with Crippen molar-refractivity contribution in [3.63, 3.8) is 0 Å². The Bertz CT molecular complexity index is 200. The standard InChI is InChI=1S/C6H6INO3/c7-4(3-9)8-5(10)1-2-6(8)11/h3-4H,1-2H2. The maximum atomic E-state index is 10.9. The summed E-state index contributed by atoms with van der Waals surface area (Å²) in [7, 11) is 0. The predicted molar refractivity (Wildman–Crippen MR) is 45.0 cm³/mol. The van der Waals surface area contributed by atoms with E-state index in [1.165, 1.54) is 0 Å². The van der Waals surface area contributed by atoms with E-state index in [9.17, 15) is 14.4 Å². The molecule has 1 atom stereocenters. The number of alkyl halides is 1. The Hall–Kier alpha value is -0.460. The van der Waals surface area contributed by atoms with Gasteiger partial charge in [-0.25, -0.2) is 0 Å². The van der Waals surface area contributed by atoms with E-state index in [1.807, 2.05) is 0 Å². The fraction of sp³-hybridized carbons (Fsp3) is 0.500. The molecule has 0 aromatic heterocycles. The SMILES string of the molecule is O=CC(I)N1C(=O)CCC1=O. The molecular formula is C6H6INO3. The highest BCUT2D eigenvalue weighted by Gasteiger charge is 2.33. The van der Waals surface area contributed by atoms with Gasteiger partial charge in [0.2, 0.25) is 11.8 Å². The first-order chi connectivity index (χ1) is 5.16. The lowest BCUT2D eigenvalue weighted by Crippen LogP contribution is -2.36. The van der Waals surface area contributed by atoms with Gasteiger partial charge in [0, 0.05) is 12.8 Å². The molecule has 0 aromatic carbocycles. The molecular weight excluding hydrogens is 261 g/mol. The van der Waals surface area contributed by atoms with Crippen LogP contribution in [0.5, 0.6) is 0 Å². The van der Waals surface area contributed by atoms with Crippen molar-refractivity contribution in [3.05, 3.63) is 0 Å². The molecule has 4 nitrogen and oxygen atoms in total. The van der Waals surface area contributed by atoms with Gasteiger partial charge in [-0.2, -0.15) is 0 Å². The second kappa shape index (κ2) is 3.29. The number of carbonyl (C=O) groups excluding carboxylic acids is 3. The lowest BCUT2D eigenvalue weighted by Gasteiger charge is -2.14. The summed E-state index contributed by atoms with van der Waals surface area (Å²) in [5.74, 6) is -0.497. The summed E-state index contributed by atoms with van der Waals surface area (Å²) in [5.41, 5.74) is 0. The van der Waals surface area contributed by atoms with E-state index >= 15 is 0 Å². The molecule has 1 rings (SSSR count). The number of likely N-dealkylation sites (tertiary alicyclic amines) is 1. The van der Waals surface area contributed by atoms with Crippen molar-refractivity contribution in [2.45, 2.75) is 16.9 Å². The third-order valence-corrected chi connectivity index (χ3v) is 2.30. The van der Waals surface area contributed by atoms with E-state index in [0.717, 1.165) is 4.90 Å². The van der Waals surface area contributed by atoms with E-state index in [-0.39, 0.29) is 24.7 Å². The molecule has 0 aliphatic carbocycles. The van der Waals surface area contributed by atoms with Crippen molar-refractivity contribution in [2.75, 3.05) is 0 Å². The van der Waals surface area contributed by atoms with Gasteiger partial charge in [0.05, 0.1) is 0 Å². The van der Waals surface area contributed by atoms with Gasteiger partial charge >= 0.3 is 0 Å². The van der Waals surface area contributed by atoms with Crippen LogP contribution in [0.3, 0.4) is 0 Å². The molecule has 0 radical (unpaired) electrons. The molecule has 0 aromatic rings. The Labute approximate surface area is 77.1 Å². The first-order valence-electron chi connectivity index (χ1n) is 3.11. The minimum Gasteiger partial charge on any atom is -0.300 e. The Morgan fingerprint density at radius 2 is 1.82 bits per heavy atom. The van der Waals surface area contributed by atoms with Crippen LogP contribution in [-0.2, 0) is 14.4 Å². The van der Waals surface area contributed by atoms with Crippen LogP contribution in [0, 0.1) is 0 Å². The second-order valence-corrected chi connectivity index (χ2v) is 3.44. The highest BCUT2D eigenvalue weighted by atomic mass is 127. The monoisotopic (exact) mass is 267 g/mol. The molecule has 1 fully saturated rings. The van der Waals surface area contributed by atoms with Gasteiger partial charge in [-0.1, -0.05) is 0 Å². The molecule has 2 amide bonds. The topological polar surface area (TPSA) is 54.5 Å². The average Bonchev–Trinajstić information content (AvgIpc) is 2.30. The van der Waals surface area contributed by atoms with Gasteiger partial charge < -0.3 is 4.79 Å². The summed E-state index contributed by atoms with van der Waals surface area (Å²) >= 11 is 1.75. The average molecular weight is 267 g/mol. The van der Waals surface area contributed by atoms with Crippen molar-refractivity contribution in [1.29, 1.82) is 0 Å². The number of imide groups is 1. The first kappa shape index (κ1) is 8.63. The molecule has 11 heavy (non-hydrogen) atoms. The lowest BCUT2D eigenvalue weighted by molar-refractivity contribution is -0.140. The number of halogens is 1. The van der Waals surface area contributed by atoms with Crippen LogP contribution in [0.15, 0.2) is 0 Å². The van der Waals surface area contributed by atoms with Gasteiger partial charge in [-0.3, -0.25) is 14.5 Å². The number of rotatable bonds is 2. The number of carbonyl (C=O) groups is 3. The Morgan fingerprint density at radius 1 is 1.36 bits per heavy atom. The number of amides is 2. The fourth-order valence-electron chi connectivity index (χ4n) is 0.930. The van der Waals surface area contributed by atoms with Gasteiger partial charge in [0.1, 0.15) is 4.05 Å². The zero-order valence-corrected chi connectivity index (χ0v) is 7.78. The number of hydrogen-bond acceptors (Lipinski definition) is 3. The molecule has 1 saturated heterocycles. The van der Waals surface area contributed by atoms with Gasteiger partial charge in [-0.05, 0) is 22.6 Å². The van der Waals surface area contributed by atoms with Crippen LogP contribution in [0.25, 0.3) is 0 Å². The van der Waals surface area contributed by atoms with Crippen molar-refractivity contribution in [1.82, 2.24) is 4.90 Å². The Kier molecular flexibility index (Phi) is 2.58. The molecule has 0 bridgehead atoms. The minimum absolute atomic E-state index is 0.242. The Balaban J connectivity index is 2.75. The summed E-state index contributed by atoms with van der Waals surface area (Å²) in [6, 6.07) is 0. The van der Waals surface area contributed by atoms with Crippen molar-refractivity contribution < 1.29 is 14.4 Å². The number of hydrogen-bond donors (Lipinski definition) is 0. The molecule has 1 aliphatic heterocycles. The molecule has 0 N–H and O–H groups in total. The van der Waals surface area contributed by atoms with Crippen LogP contribution >= 0.6 is 22.6 Å². The lowest BCUT2D eigenvalue weighted by atomic mass is 10.4. The zero-order chi connectivity index (χ0) is 8.43. The van der Waals surface area contributed by atoms with Crippen molar-refractivity contribution in [3.8, 4) is 0 Å². The van der Waals surface area contributed by atoms with Crippen LogP contribution in [0.2, 0.25) is 0 Å². The normalized spacial score (nSPS) is 20.6. The summed E-state index contributed by atoms with van der Waals surface area (Å²) in [5, 5.41) is 0. The van der Waals surface area contributed by atoms with Crippen molar-refractivity contribution in [2.24, 2.45) is 0 Å². The zero-order valence-electron chi connectivity index (χ0n) is 5.62. The molecule has 1 unspecified atom stereocenters. The summed E-state index contributed by atoms with van der Waals surface area (Å²) in [6.07, 6.45) is 1.07. The smallest absolute Gasteiger partial charge is 0.230 e. The number of nitrogens with zero attached hydrogens (tertiary/aromatic N) is 1. The van der Waals surface area contributed by atoms with E-state index < -0.39 is 4.05 Å². The van der Waals surface area contributed by atoms with Gasteiger partial charge in [-0.15, -0.1) is 0 Å². The predicted octanol–water partition coefficient (Wildman–Crippen LogP) is 0.0954. The van der Waals surface area contributed by atoms with Crippen LogP contribution in [0.4, 0.5) is 0 Å². The third-order valence-electron chi connectivity index (χ3n) is 1.45. The largest absolute Gasteiger partial charge is 0.300 e. The van der Waals surface area contributed by atoms with E-state index in [1.54, 1.807) is 22.6 Å². The highest BCUT2D eigenvalue weighted by molar-refractivity contribution is 14.1. The summed E-state index contributed by atoms with van der Waals surface area (Å²) < 4.78 is -0.630. The van der Waals surface area contributed by atoms with Gasteiger partial charge in [0.15, 0.2) is 6.29 Å². The maximum Gasteiger partial charge on any atom is 0.230 e. The van der Waals surface area contributed by atoms with Crippen molar-refractivity contribution >= 4 is 40.7 Å². The molecule has 0 saturated carbocycles. The van der Waals surface area contributed by atoms with Crippen LogP contribution < -0.4 is 0 Å². The first-order valence-corrected chi connectivity index (χ1v) is 4.35. The summed E-state index contributed by atoms with van der Waals surface area (Å²) in [4.78, 5) is 33.1. The molecule has 5 heteroatoms.